The van der Waals surface area contributed by atoms with Crippen LogP contribution in [0.3, 0.4) is 0 Å². The highest BCUT2D eigenvalue weighted by atomic mass is 16.5. The number of fused-ring (bicyclic) bond motifs is 1. The molecule has 0 aromatic heterocycles. The summed E-state index contributed by atoms with van der Waals surface area (Å²) in [4.78, 5) is 12.4. The fourth-order valence-corrected chi connectivity index (χ4v) is 3.45. The molecule has 4 nitrogen and oxygen atoms in total. The van der Waals surface area contributed by atoms with Gasteiger partial charge in [0.05, 0.1) is 12.7 Å². The molecule has 1 amide bonds. The van der Waals surface area contributed by atoms with Crippen molar-refractivity contribution in [1.29, 1.82) is 0 Å². The third-order valence-corrected chi connectivity index (χ3v) is 4.81. The molecule has 0 bridgehead atoms. The van der Waals surface area contributed by atoms with Crippen LogP contribution in [0.1, 0.15) is 44.1 Å². The monoisotopic (exact) mass is 317 g/mol. The molecule has 0 saturated heterocycles. The highest BCUT2D eigenvalue weighted by molar-refractivity contribution is 5.79. The number of carbonyl (C=O) groups excluding carboxylic acids is 1. The van der Waals surface area contributed by atoms with E-state index in [1.807, 2.05) is 18.2 Å². The van der Waals surface area contributed by atoms with Crippen molar-refractivity contribution < 1.29 is 14.3 Å². The molecule has 23 heavy (non-hydrogen) atoms. The van der Waals surface area contributed by atoms with Crippen molar-refractivity contribution in [2.75, 3.05) is 19.8 Å². The van der Waals surface area contributed by atoms with Gasteiger partial charge in [-0.2, -0.15) is 0 Å². The minimum Gasteiger partial charge on any atom is -0.493 e. The molecule has 126 valence electrons. The van der Waals surface area contributed by atoms with E-state index in [-0.39, 0.29) is 11.8 Å². The second-order valence-electron chi connectivity index (χ2n) is 6.57. The molecule has 1 aromatic rings. The highest BCUT2D eigenvalue weighted by Crippen LogP contribution is 2.26. The van der Waals surface area contributed by atoms with Gasteiger partial charge in [-0.15, -0.1) is 0 Å². The summed E-state index contributed by atoms with van der Waals surface area (Å²) in [6.07, 6.45) is 7.89. The number of benzene rings is 1. The second-order valence-corrected chi connectivity index (χ2v) is 6.57. The molecule has 0 unspecified atom stereocenters. The summed E-state index contributed by atoms with van der Waals surface area (Å²) in [6, 6.07) is 8.01. The number of amides is 1. The van der Waals surface area contributed by atoms with Gasteiger partial charge in [0.25, 0.3) is 0 Å². The molecule has 0 spiro atoms. The largest absolute Gasteiger partial charge is 0.493 e. The molecule has 1 heterocycles. The van der Waals surface area contributed by atoms with Crippen molar-refractivity contribution in [3.05, 3.63) is 29.8 Å². The van der Waals surface area contributed by atoms with Crippen LogP contribution in [-0.4, -0.2) is 31.8 Å². The fraction of sp³-hybridized carbons (Fsp3) is 0.632. The quantitative estimate of drug-likeness (QED) is 0.820. The predicted molar refractivity (Wildman–Crippen MR) is 89.6 cm³/mol. The number of carbonyl (C=O) groups is 1. The molecular weight excluding hydrogens is 290 g/mol. The van der Waals surface area contributed by atoms with Crippen molar-refractivity contribution in [3.8, 4) is 5.75 Å². The van der Waals surface area contributed by atoms with Crippen LogP contribution in [0, 0.1) is 5.92 Å². The average molecular weight is 317 g/mol. The molecular formula is C19H27NO3. The van der Waals surface area contributed by atoms with Crippen molar-refractivity contribution in [3.63, 3.8) is 0 Å². The molecule has 1 N–H and O–H groups in total. The van der Waals surface area contributed by atoms with E-state index < -0.39 is 0 Å². The summed E-state index contributed by atoms with van der Waals surface area (Å²) in [6.45, 7) is 2.06. The third kappa shape index (κ3) is 4.71. The van der Waals surface area contributed by atoms with E-state index in [1.165, 1.54) is 25.7 Å². The third-order valence-electron chi connectivity index (χ3n) is 4.81. The van der Waals surface area contributed by atoms with Gasteiger partial charge in [-0.3, -0.25) is 4.79 Å². The summed E-state index contributed by atoms with van der Waals surface area (Å²) in [5.74, 6) is 1.08. The Morgan fingerprint density at radius 3 is 2.91 bits per heavy atom. The van der Waals surface area contributed by atoms with Gasteiger partial charge in [0.2, 0.25) is 5.91 Å². The molecule has 1 aliphatic heterocycles. The smallest absolute Gasteiger partial charge is 0.223 e. The van der Waals surface area contributed by atoms with Gasteiger partial charge in [-0.25, -0.2) is 0 Å². The van der Waals surface area contributed by atoms with Crippen molar-refractivity contribution in [2.45, 2.75) is 51.0 Å². The molecule has 2 aliphatic rings. The van der Waals surface area contributed by atoms with Gasteiger partial charge in [0.15, 0.2) is 0 Å². The SMILES string of the molecule is O=C(NCCCOC1CCCC1)[C@H]1CCOc2ccccc2C1. The Kier molecular flexibility index (Phi) is 5.92. The van der Waals surface area contributed by atoms with Crippen LogP contribution >= 0.6 is 0 Å². The number of hydrogen-bond acceptors (Lipinski definition) is 3. The summed E-state index contributed by atoms with van der Waals surface area (Å²) in [5, 5.41) is 3.06. The van der Waals surface area contributed by atoms with E-state index in [0.717, 1.165) is 37.2 Å². The molecule has 1 fully saturated rings. The topological polar surface area (TPSA) is 47.6 Å². The minimum atomic E-state index is 0.00870. The molecule has 1 atom stereocenters. The van der Waals surface area contributed by atoms with E-state index in [1.54, 1.807) is 0 Å². The van der Waals surface area contributed by atoms with E-state index in [9.17, 15) is 4.79 Å². The van der Waals surface area contributed by atoms with Crippen LogP contribution in [0.2, 0.25) is 0 Å². The second kappa shape index (κ2) is 8.34. The summed E-state index contributed by atoms with van der Waals surface area (Å²) >= 11 is 0. The van der Waals surface area contributed by atoms with Crippen LogP contribution in [0.4, 0.5) is 0 Å². The molecule has 4 heteroatoms. The maximum absolute atomic E-state index is 12.4. The highest BCUT2D eigenvalue weighted by Gasteiger charge is 2.23. The normalized spacial score (nSPS) is 21.3. The lowest BCUT2D eigenvalue weighted by Crippen LogP contribution is -2.33. The first-order chi connectivity index (χ1) is 11.3. The van der Waals surface area contributed by atoms with Gasteiger partial charge in [-0.1, -0.05) is 31.0 Å². The van der Waals surface area contributed by atoms with E-state index in [0.29, 0.717) is 19.3 Å². The zero-order chi connectivity index (χ0) is 15.9. The first-order valence-electron chi connectivity index (χ1n) is 8.93. The first-order valence-corrected chi connectivity index (χ1v) is 8.93. The van der Waals surface area contributed by atoms with Crippen LogP contribution < -0.4 is 10.1 Å². The van der Waals surface area contributed by atoms with Crippen molar-refractivity contribution in [2.24, 2.45) is 5.92 Å². The van der Waals surface area contributed by atoms with Gasteiger partial charge >= 0.3 is 0 Å². The predicted octanol–water partition coefficient (Wildman–Crippen LogP) is 3.09. The van der Waals surface area contributed by atoms with Crippen LogP contribution in [0.15, 0.2) is 24.3 Å². The standard InChI is InChI=1S/C19H27NO3/c21-19(20-11-5-12-22-17-7-2-3-8-17)16-10-13-23-18-9-4-1-6-15(18)14-16/h1,4,6,9,16-17H,2-3,5,7-8,10-14H2,(H,20,21)/t16-/m0/s1. The lowest BCUT2D eigenvalue weighted by molar-refractivity contribution is -0.125. The zero-order valence-corrected chi connectivity index (χ0v) is 13.8. The summed E-state index contributed by atoms with van der Waals surface area (Å²) < 4.78 is 11.6. The Bertz CT molecular complexity index is 511. The van der Waals surface area contributed by atoms with Crippen LogP contribution in [0.5, 0.6) is 5.75 Å². The Hall–Kier alpha value is -1.55. The zero-order valence-electron chi connectivity index (χ0n) is 13.8. The fourth-order valence-electron chi connectivity index (χ4n) is 3.45. The lowest BCUT2D eigenvalue weighted by Gasteiger charge is -2.15. The molecule has 1 saturated carbocycles. The number of ether oxygens (including phenoxy) is 2. The van der Waals surface area contributed by atoms with Crippen LogP contribution in [0.25, 0.3) is 0 Å². The Balaban J connectivity index is 1.38. The van der Waals surface area contributed by atoms with E-state index in [2.05, 4.69) is 11.4 Å². The van der Waals surface area contributed by atoms with E-state index in [4.69, 9.17) is 9.47 Å². The summed E-state index contributed by atoms with van der Waals surface area (Å²) in [5.41, 5.74) is 1.13. The first kappa shape index (κ1) is 16.3. The van der Waals surface area contributed by atoms with Gasteiger partial charge in [-0.05, 0) is 43.7 Å². The average Bonchev–Trinajstić information content (AvgIpc) is 2.98. The Morgan fingerprint density at radius 2 is 2.04 bits per heavy atom. The molecule has 0 radical (unpaired) electrons. The number of hydrogen-bond donors (Lipinski definition) is 1. The van der Waals surface area contributed by atoms with Crippen LogP contribution in [-0.2, 0) is 16.0 Å². The molecule has 1 aliphatic carbocycles. The molecule has 3 rings (SSSR count). The van der Waals surface area contributed by atoms with Crippen molar-refractivity contribution >= 4 is 5.91 Å². The van der Waals surface area contributed by atoms with Gasteiger partial charge < -0.3 is 14.8 Å². The Morgan fingerprint density at radius 1 is 1.22 bits per heavy atom. The minimum absolute atomic E-state index is 0.00870. The summed E-state index contributed by atoms with van der Waals surface area (Å²) in [7, 11) is 0. The Labute approximate surface area is 138 Å². The number of para-hydroxylation sites is 1. The van der Waals surface area contributed by atoms with Crippen molar-refractivity contribution in [1.82, 2.24) is 5.32 Å². The number of rotatable bonds is 6. The van der Waals surface area contributed by atoms with Gasteiger partial charge in [0.1, 0.15) is 5.75 Å². The lowest BCUT2D eigenvalue weighted by atomic mass is 9.96. The maximum atomic E-state index is 12.4. The van der Waals surface area contributed by atoms with E-state index >= 15 is 0 Å². The van der Waals surface area contributed by atoms with Gasteiger partial charge in [0, 0.05) is 19.1 Å². The number of nitrogens with one attached hydrogen (secondary N) is 1. The maximum Gasteiger partial charge on any atom is 0.223 e. The molecule has 1 aromatic carbocycles.